The molecule has 3 aromatic rings. The Labute approximate surface area is 185 Å². The van der Waals surface area contributed by atoms with E-state index in [-0.39, 0.29) is 23.3 Å². The van der Waals surface area contributed by atoms with Crippen molar-refractivity contribution in [3.05, 3.63) is 88.6 Å². The molecule has 156 valence electrons. The number of anilines is 1. The van der Waals surface area contributed by atoms with Crippen LogP contribution in [0.25, 0.3) is 10.8 Å². The van der Waals surface area contributed by atoms with Crippen molar-refractivity contribution in [3.8, 4) is 0 Å². The molecule has 0 spiro atoms. The summed E-state index contributed by atoms with van der Waals surface area (Å²) >= 11 is 6.05. The lowest BCUT2D eigenvalue weighted by Crippen LogP contribution is -2.45. The Morgan fingerprint density at radius 1 is 1.06 bits per heavy atom. The number of amides is 1. The number of carbonyl (C=O) groups is 1. The van der Waals surface area contributed by atoms with Crippen molar-refractivity contribution >= 4 is 39.8 Å². The number of nitrogens with zero attached hydrogens (tertiary/aromatic N) is 2. The van der Waals surface area contributed by atoms with Crippen LogP contribution in [0.1, 0.15) is 24.4 Å². The minimum atomic E-state index is -0.339. The highest BCUT2D eigenvalue weighted by atomic mass is 35.5. The number of hydrogen-bond acceptors (Lipinski definition) is 4. The van der Waals surface area contributed by atoms with E-state index < -0.39 is 0 Å². The summed E-state index contributed by atoms with van der Waals surface area (Å²) in [7, 11) is 0. The summed E-state index contributed by atoms with van der Waals surface area (Å²) in [6.45, 7) is 1.42. The first-order chi connectivity index (χ1) is 15.1. The maximum absolute atomic E-state index is 13.3. The van der Waals surface area contributed by atoms with Crippen LogP contribution in [0.5, 0.6) is 0 Å². The molecule has 5 nitrogen and oxygen atoms in total. The van der Waals surface area contributed by atoms with E-state index in [1.165, 1.54) is 0 Å². The summed E-state index contributed by atoms with van der Waals surface area (Å²) in [6.07, 6.45) is 1.26. The molecule has 2 aliphatic heterocycles. The van der Waals surface area contributed by atoms with Crippen LogP contribution in [0, 0.1) is 0 Å². The second kappa shape index (κ2) is 8.08. The molecular weight excluding hydrogens is 410 g/mol. The quantitative estimate of drug-likeness (QED) is 0.576. The third-order valence-corrected chi connectivity index (χ3v) is 6.14. The second-order valence-corrected chi connectivity index (χ2v) is 8.26. The number of carbonyl (C=O) groups excluding carboxylic acids is 1. The number of aliphatic hydroxyl groups is 1. The Balaban J connectivity index is 1.50. The summed E-state index contributed by atoms with van der Waals surface area (Å²) in [4.78, 5) is 20.1. The Morgan fingerprint density at radius 2 is 1.84 bits per heavy atom. The molecule has 0 saturated heterocycles. The van der Waals surface area contributed by atoms with E-state index in [9.17, 15) is 9.90 Å². The summed E-state index contributed by atoms with van der Waals surface area (Å²) in [5.41, 5.74) is 2.02. The van der Waals surface area contributed by atoms with Gasteiger partial charge in [0, 0.05) is 35.6 Å². The zero-order valence-electron chi connectivity index (χ0n) is 16.9. The topological polar surface area (TPSA) is 64.9 Å². The van der Waals surface area contributed by atoms with Crippen molar-refractivity contribution < 1.29 is 9.90 Å². The molecule has 0 saturated carbocycles. The van der Waals surface area contributed by atoms with Gasteiger partial charge in [-0.3, -0.25) is 9.79 Å². The molecule has 2 N–H and O–H groups in total. The minimum Gasteiger partial charge on any atom is -0.511 e. The summed E-state index contributed by atoms with van der Waals surface area (Å²) in [6, 6.07) is 21.2. The highest BCUT2D eigenvalue weighted by molar-refractivity contribution is 6.30. The van der Waals surface area contributed by atoms with Crippen LogP contribution in [-0.2, 0) is 4.79 Å². The molecule has 0 bridgehead atoms. The number of aliphatic imine (C=N–C) groups is 1. The molecule has 31 heavy (non-hydrogen) atoms. The predicted octanol–water partition coefficient (Wildman–Crippen LogP) is 5.49. The van der Waals surface area contributed by atoms with Crippen LogP contribution in [0.3, 0.4) is 0 Å². The third kappa shape index (κ3) is 3.66. The van der Waals surface area contributed by atoms with Gasteiger partial charge in [0.1, 0.15) is 17.2 Å². The average molecular weight is 432 g/mol. The fourth-order valence-corrected chi connectivity index (χ4v) is 4.53. The Bertz CT molecular complexity index is 1210. The number of fused-ring (bicyclic) bond motifs is 2. The van der Waals surface area contributed by atoms with E-state index in [4.69, 9.17) is 11.6 Å². The molecule has 1 unspecified atom stereocenters. The van der Waals surface area contributed by atoms with Crippen LogP contribution in [0.15, 0.2) is 83.1 Å². The summed E-state index contributed by atoms with van der Waals surface area (Å²) in [5, 5.41) is 16.6. The molecule has 5 rings (SSSR count). The first-order valence-corrected chi connectivity index (χ1v) is 10.8. The maximum atomic E-state index is 13.3. The number of nitrogens with one attached hydrogen (secondary N) is 1. The molecule has 6 heteroatoms. The molecule has 3 aromatic carbocycles. The van der Waals surface area contributed by atoms with Gasteiger partial charge in [-0.05, 0) is 35.6 Å². The maximum Gasteiger partial charge on any atom is 0.262 e. The zero-order chi connectivity index (χ0) is 21.4. The molecule has 2 heterocycles. The molecule has 0 aliphatic carbocycles. The van der Waals surface area contributed by atoms with Crippen molar-refractivity contribution in [2.24, 2.45) is 4.99 Å². The number of amidine groups is 1. The van der Waals surface area contributed by atoms with Gasteiger partial charge < -0.3 is 15.3 Å². The first-order valence-electron chi connectivity index (χ1n) is 10.4. The van der Waals surface area contributed by atoms with E-state index in [0.717, 1.165) is 29.3 Å². The van der Waals surface area contributed by atoms with Gasteiger partial charge in [0.2, 0.25) is 0 Å². The van der Waals surface area contributed by atoms with Gasteiger partial charge in [0.05, 0.1) is 6.04 Å². The normalized spacial score (nSPS) is 18.5. The lowest BCUT2D eigenvalue weighted by atomic mass is 9.92. The predicted molar refractivity (Wildman–Crippen MR) is 125 cm³/mol. The van der Waals surface area contributed by atoms with E-state index in [1.807, 2.05) is 66.7 Å². The summed E-state index contributed by atoms with van der Waals surface area (Å²) in [5.74, 6) is 0.288. The van der Waals surface area contributed by atoms with Gasteiger partial charge in [-0.2, -0.15) is 0 Å². The molecule has 1 atom stereocenters. The zero-order valence-corrected chi connectivity index (χ0v) is 17.6. The first kappa shape index (κ1) is 19.6. The number of hydrogen-bond donors (Lipinski definition) is 2. The van der Waals surface area contributed by atoms with Crippen LogP contribution in [0.2, 0.25) is 5.02 Å². The van der Waals surface area contributed by atoms with Crippen LogP contribution < -0.4 is 5.32 Å². The van der Waals surface area contributed by atoms with Crippen LogP contribution >= 0.6 is 11.6 Å². The molecule has 0 aromatic heterocycles. The van der Waals surface area contributed by atoms with Crippen molar-refractivity contribution in [1.29, 1.82) is 0 Å². The SMILES string of the molecule is O=C(Nc1cccc2ccccc12)C1=C(O)CC(c2ccc(Cl)cc2)N2CCCN=C12. The summed E-state index contributed by atoms with van der Waals surface area (Å²) < 4.78 is 0. The number of aliphatic hydroxyl groups excluding tert-OH is 1. The average Bonchev–Trinajstić information content (AvgIpc) is 2.79. The van der Waals surface area contributed by atoms with E-state index in [2.05, 4.69) is 15.2 Å². The van der Waals surface area contributed by atoms with E-state index in [0.29, 0.717) is 29.5 Å². The third-order valence-electron chi connectivity index (χ3n) is 5.89. The number of halogens is 1. The van der Waals surface area contributed by atoms with Gasteiger partial charge in [0.15, 0.2) is 0 Å². The highest BCUT2D eigenvalue weighted by Gasteiger charge is 2.37. The Hall–Kier alpha value is -3.31. The minimum absolute atomic E-state index is 0.0644. The molecule has 2 aliphatic rings. The second-order valence-electron chi connectivity index (χ2n) is 7.83. The van der Waals surface area contributed by atoms with Crippen molar-refractivity contribution in [2.75, 3.05) is 18.4 Å². The van der Waals surface area contributed by atoms with Crippen LogP contribution in [0.4, 0.5) is 5.69 Å². The van der Waals surface area contributed by atoms with E-state index >= 15 is 0 Å². The lowest BCUT2D eigenvalue weighted by molar-refractivity contribution is -0.112. The van der Waals surface area contributed by atoms with Crippen molar-refractivity contribution in [3.63, 3.8) is 0 Å². The Morgan fingerprint density at radius 3 is 2.68 bits per heavy atom. The smallest absolute Gasteiger partial charge is 0.262 e. The number of rotatable bonds is 3. The fourth-order valence-electron chi connectivity index (χ4n) is 4.41. The van der Waals surface area contributed by atoms with Gasteiger partial charge in [-0.25, -0.2) is 0 Å². The molecule has 0 radical (unpaired) electrons. The van der Waals surface area contributed by atoms with Gasteiger partial charge >= 0.3 is 0 Å². The van der Waals surface area contributed by atoms with Crippen LogP contribution in [-0.4, -0.2) is 34.8 Å². The lowest BCUT2D eigenvalue weighted by Gasteiger charge is -2.41. The van der Waals surface area contributed by atoms with Gasteiger partial charge in [-0.15, -0.1) is 0 Å². The van der Waals surface area contributed by atoms with Crippen molar-refractivity contribution in [1.82, 2.24) is 4.90 Å². The number of benzene rings is 3. The monoisotopic (exact) mass is 431 g/mol. The molecule has 0 fully saturated rings. The Kier molecular flexibility index (Phi) is 5.12. The highest BCUT2D eigenvalue weighted by Crippen LogP contribution is 2.37. The molecule has 1 amide bonds. The largest absolute Gasteiger partial charge is 0.511 e. The standard InChI is InChI=1S/C25H22ClN3O2/c26-18-11-9-17(10-12-18)21-15-22(30)23(24-27-13-4-14-29(21)24)25(31)28-20-8-3-6-16-5-1-2-7-19(16)20/h1-3,5-12,21,30H,4,13-15H2,(H,28,31). The van der Waals surface area contributed by atoms with Crippen molar-refractivity contribution in [2.45, 2.75) is 18.9 Å². The fraction of sp³-hybridized carbons (Fsp3) is 0.200. The van der Waals surface area contributed by atoms with Gasteiger partial charge in [-0.1, -0.05) is 60.1 Å². The van der Waals surface area contributed by atoms with Gasteiger partial charge in [0.25, 0.3) is 5.91 Å². The molecular formula is C25H22ClN3O2. The van der Waals surface area contributed by atoms with E-state index in [1.54, 1.807) is 0 Å².